The first-order valence-corrected chi connectivity index (χ1v) is 8.56. The van der Waals surface area contributed by atoms with Crippen LogP contribution >= 0.6 is 0 Å². The van der Waals surface area contributed by atoms with Crippen LogP contribution in [0.3, 0.4) is 0 Å². The van der Waals surface area contributed by atoms with Crippen molar-refractivity contribution in [3.8, 4) is 0 Å². The van der Waals surface area contributed by atoms with E-state index >= 15 is 0 Å². The van der Waals surface area contributed by atoms with Crippen molar-refractivity contribution in [1.29, 1.82) is 0 Å². The van der Waals surface area contributed by atoms with Crippen molar-refractivity contribution in [2.75, 3.05) is 0 Å². The maximum absolute atomic E-state index is 12.3. The van der Waals surface area contributed by atoms with Crippen LogP contribution in [0.2, 0.25) is 0 Å². The summed E-state index contributed by atoms with van der Waals surface area (Å²) in [6.45, 7) is 6.61. The summed E-state index contributed by atoms with van der Waals surface area (Å²) in [5, 5.41) is 10.2. The van der Waals surface area contributed by atoms with E-state index in [9.17, 15) is 9.90 Å². The topological polar surface area (TPSA) is 46.5 Å². The number of aliphatic hydroxyl groups excluding tert-OH is 1. The van der Waals surface area contributed by atoms with E-state index < -0.39 is 12.1 Å². The van der Waals surface area contributed by atoms with Crippen LogP contribution < -0.4 is 0 Å². The lowest BCUT2D eigenvalue weighted by Crippen LogP contribution is -2.39. The van der Waals surface area contributed by atoms with Crippen LogP contribution in [0.25, 0.3) is 0 Å². The maximum Gasteiger partial charge on any atom is 0.339 e. The molecule has 1 fully saturated rings. The molecule has 1 N–H and O–H groups in total. The highest BCUT2D eigenvalue weighted by Crippen LogP contribution is 2.35. The molecule has 0 radical (unpaired) electrons. The fourth-order valence-electron chi connectivity index (χ4n) is 3.73. The van der Waals surface area contributed by atoms with Gasteiger partial charge in [-0.15, -0.1) is 0 Å². The van der Waals surface area contributed by atoms with Crippen LogP contribution in [0.1, 0.15) is 65.7 Å². The molecular formula is C18H30O3. The minimum atomic E-state index is -1.05. The molecule has 0 aromatic rings. The van der Waals surface area contributed by atoms with Crippen molar-refractivity contribution in [2.45, 2.75) is 77.9 Å². The fraction of sp³-hybridized carbons (Fsp3) is 0.833. The summed E-state index contributed by atoms with van der Waals surface area (Å²) >= 11 is 0. The van der Waals surface area contributed by atoms with Crippen molar-refractivity contribution in [2.24, 2.45) is 17.8 Å². The Bertz CT molecular complexity index is 386. The molecule has 3 heteroatoms. The number of carbonyl (C=O) groups is 1. The van der Waals surface area contributed by atoms with Crippen LogP contribution in [-0.4, -0.2) is 23.3 Å². The van der Waals surface area contributed by atoms with Crippen LogP contribution in [0.15, 0.2) is 11.6 Å². The Morgan fingerprint density at radius 1 is 1.33 bits per heavy atom. The Kier molecular flexibility index (Phi) is 5.86. The Morgan fingerprint density at radius 2 is 2.10 bits per heavy atom. The van der Waals surface area contributed by atoms with Gasteiger partial charge >= 0.3 is 5.97 Å². The first kappa shape index (κ1) is 16.5. The van der Waals surface area contributed by atoms with Gasteiger partial charge < -0.3 is 9.84 Å². The van der Waals surface area contributed by atoms with Gasteiger partial charge in [0.1, 0.15) is 6.10 Å². The summed E-state index contributed by atoms with van der Waals surface area (Å²) in [7, 11) is 0. The molecule has 0 amide bonds. The largest absolute Gasteiger partial charge is 0.460 e. The molecule has 2 aliphatic carbocycles. The molecular weight excluding hydrogens is 264 g/mol. The highest BCUT2D eigenvalue weighted by Gasteiger charge is 2.35. The maximum atomic E-state index is 12.3. The number of rotatable bonds is 4. The van der Waals surface area contributed by atoms with Gasteiger partial charge in [0.2, 0.25) is 0 Å². The number of aliphatic hydroxyl groups is 1. The second-order valence-corrected chi connectivity index (χ2v) is 7.23. The number of carbonyl (C=O) groups excluding carboxylic acids is 1. The van der Waals surface area contributed by atoms with Crippen LogP contribution in [0.5, 0.6) is 0 Å². The van der Waals surface area contributed by atoms with Gasteiger partial charge in [0.05, 0.1) is 0 Å². The second kappa shape index (κ2) is 7.44. The average Bonchev–Trinajstić information content (AvgIpc) is 2.47. The number of esters is 1. The third-order valence-electron chi connectivity index (χ3n) is 5.13. The van der Waals surface area contributed by atoms with E-state index in [2.05, 4.69) is 20.8 Å². The molecule has 120 valence electrons. The van der Waals surface area contributed by atoms with Crippen molar-refractivity contribution in [3.05, 3.63) is 11.6 Å². The predicted octanol–water partition coefficient (Wildman–Crippen LogP) is 3.85. The standard InChI is InChI=1S/C18H30O3/c1-12(2)15-10-9-13(3)11-16(15)21-18(20)17(19)14-7-5-4-6-8-14/h7,12-13,15-17,19H,4-6,8-11H2,1-3H3/t13-,15+,16-,17-/m1/s1. The molecule has 0 saturated heterocycles. The quantitative estimate of drug-likeness (QED) is 0.633. The van der Waals surface area contributed by atoms with Gasteiger partial charge in [0.25, 0.3) is 0 Å². The van der Waals surface area contributed by atoms with Crippen molar-refractivity contribution >= 4 is 5.97 Å². The Hall–Kier alpha value is -0.830. The zero-order valence-electron chi connectivity index (χ0n) is 13.7. The van der Waals surface area contributed by atoms with Crippen LogP contribution in [-0.2, 0) is 9.53 Å². The van der Waals surface area contributed by atoms with Gasteiger partial charge in [-0.2, -0.15) is 0 Å². The first-order valence-electron chi connectivity index (χ1n) is 8.56. The van der Waals surface area contributed by atoms with Crippen LogP contribution in [0.4, 0.5) is 0 Å². The fourth-order valence-corrected chi connectivity index (χ4v) is 3.73. The lowest BCUT2D eigenvalue weighted by atomic mass is 9.75. The van der Waals surface area contributed by atoms with Gasteiger partial charge in [-0.3, -0.25) is 0 Å². The monoisotopic (exact) mass is 294 g/mol. The van der Waals surface area contributed by atoms with E-state index in [0.717, 1.165) is 44.1 Å². The molecule has 21 heavy (non-hydrogen) atoms. The molecule has 2 rings (SSSR count). The molecule has 3 nitrogen and oxygen atoms in total. The molecule has 0 aliphatic heterocycles. The number of hydrogen-bond acceptors (Lipinski definition) is 3. The Morgan fingerprint density at radius 3 is 2.71 bits per heavy atom. The summed E-state index contributed by atoms with van der Waals surface area (Å²) in [4.78, 5) is 12.3. The first-order chi connectivity index (χ1) is 9.99. The van der Waals surface area contributed by atoms with Crippen molar-refractivity contribution in [3.63, 3.8) is 0 Å². The number of hydrogen-bond donors (Lipinski definition) is 1. The van der Waals surface area contributed by atoms with E-state index in [1.807, 2.05) is 6.08 Å². The Balaban J connectivity index is 1.97. The molecule has 0 heterocycles. The third-order valence-corrected chi connectivity index (χ3v) is 5.13. The normalized spacial score (nSPS) is 31.7. The van der Waals surface area contributed by atoms with Gasteiger partial charge in [-0.25, -0.2) is 4.79 Å². The molecule has 4 atom stereocenters. The van der Waals surface area contributed by atoms with E-state index in [1.54, 1.807) is 0 Å². The average molecular weight is 294 g/mol. The zero-order chi connectivity index (χ0) is 15.4. The summed E-state index contributed by atoms with van der Waals surface area (Å²) in [6, 6.07) is 0. The minimum absolute atomic E-state index is 0.0277. The number of allylic oxidation sites excluding steroid dienone is 1. The highest BCUT2D eigenvalue weighted by molar-refractivity contribution is 5.78. The molecule has 2 aliphatic rings. The van der Waals surface area contributed by atoms with Gasteiger partial charge in [0.15, 0.2) is 6.10 Å². The molecule has 0 bridgehead atoms. The second-order valence-electron chi connectivity index (χ2n) is 7.23. The SMILES string of the molecule is CC(C)[C@@H]1CC[C@@H](C)C[C@H]1OC(=O)[C@H](O)C1=CCCCC1. The van der Waals surface area contributed by atoms with Crippen molar-refractivity contribution < 1.29 is 14.6 Å². The van der Waals surface area contributed by atoms with E-state index in [4.69, 9.17) is 4.74 Å². The molecule has 1 saturated carbocycles. The lowest BCUT2D eigenvalue weighted by molar-refractivity contribution is -0.164. The minimum Gasteiger partial charge on any atom is -0.460 e. The summed E-state index contributed by atoms with van der Waals surface area (Å²) in [6.07, 6.45) is 8.21. The molecule has 0 unspecified atom stereocenters. The summed E-state index contributed by atoms with van der Waals surface area (Å²) in [5.74, 6) is 1.11. The lowest BCUT2D eigenvalue weighted by Gasteiger charge is -2.37. The van der Waals surface area contributed by atoms with Gasteiger partial charge in [-0.1, -0.05) is 33.3 Å². The van der Waals surface area contributed by atoms with E-state index in [1.165, 1.54) is 6.42 Å². The zero-order valence-corrected chi connectivity index (χ0v) is 13.7. The van der Waals surface area contributed by atoms with Crippen LogP contribution in [0, 0.1) is 17.8 Å². The highest BCUT2D eigenvalue weighted by atomic mass is 16.6. The predicted molar refractivity (Wildman–Crippen MR) is 83.8 cm³/mol. The smallest absolute Gasteiger partial charge is 0.339 e. The van der Waals surface area contributed by atoms with E-state index in [0.29, 0.717) is 17.8 Å². The van der Waals surface area contributed by atoms with Crippen molar-refractivity contribution in [1.82, 2.24) is 0 Å². The number of ether oxygens (including phenoxy) is 1. The van der Waals surface area contributed by atoms with E-state index in [-0.39, 0.29) is 6.10 Å². The van der Waals surface area contributed by atoms with Gasteiger partial charge in [0, 0.05) is 0 Å². The molecule has 0 spiro atoms. The summed E-state index contributed by atoms with van der Waals surface area (Å²) < 4.78 is 5.72. The summed E-state index contributed by atoms with van der Waals surface area (Å²) in [5.41, 5.74) is 0.858. The van der Waals surface area contributed by atoms with Gasteiger partial charge in [-0.05, 0) is 61.9 Å². The molecule has 0 aromatic carbocycles. The third kappa shape index (κ3) is 4.32. The Labute approximate surface area is 128 Å². The molecule has 0 aromatic heterocycles.